The quantitative estimate of drug-likeness (QED) is 0.506. The van der Waals surface area contributed by atoms with E-state index in [0.717, 1.165) is 16.3 Å². The van der Waals surface area contributed by atoms with E-state index in [2.05, 4.69) is 16.1 Å². The fraction of sp³-hybridized carbons (Fsp3) is 0.333. The van der Waals surface area contributed by atoms with Gasteiger partial charge in [-0.2, -0.15) is 4.58 Å². The molecule has 1 aromatic heterocycles. The van der Waals surface area contributed by atoms with Crippen molar-refractivity contribution in [1.29, 1.82) is 0 Å². The normalized spacial score (nSPS) is 11.8. The third-order valence-corrected chi connectivity index (χ3v) is 2.58. The highest BCUT2D eigenvalue weighted by Crippen LogP contribution is 2.26. The van der Waals surface area contributed by atoms with Crippen LogP contribution in [0, 0.1) is 0 Å². The topological polar surface area (TPSA) is 15.9 Å². The van der Waals surface area contributed by atoms with E-state index < -0.39 is 0 Å². The van der Waals surface area contributed by atoms with Crippen molar-refractivity contribution in [1.82, 2.24) is 4.98 Å². The number of thiazole rings is 1. The Morgan fingerprint density at radius 3 is 2.92 bits per heavy atom. The summed E-state index contributed by atoms with van der Waals surface area (Å²) >= 11 is 1.63. The molecule has 1 aromatic rings. The first-order chi connectivity index (χ1) is 5.66. The van der Waals surface area contributed by atoms with Crippen LogP contribution >= 0.6 is 11.3 Å². The first-order valence-electron chi connectivity index (χ1n) is 3.78. The smallest absolute Gasteiger partial charge is 0.238 e. The number of nitrogens with zero attached hydrogens (tertiary/aromatic N) is 2. The largest absolute Gasteiger partial charge is 0.288 e. The molecule has 0 atom stereocenters. The molecule has 0 aliphatic heterocycles. The molecule has 2 nitrogen and oxygen atoms in total. The number of rotatable bonds is 2. The van der Waals surface area contributed by atoms with E-state index in [1.54, 1.807) is 11.3 Å². The lowest BCUT2D eigenvalue weighted by Crippen LogP contribution is -1.97. The fourth-order valence-electron chi connectivity index (χ4n) is 0.900. The summed E-state index contributed by atoms with van der Waals surface area (Å²) in [6, 6.07) is 0. The van der Waals surface area contributed by atoms with Crippen molar-refractivity contribution < 1.29 is 4.58 Å². The molecule has 0 radical (unpaired) electrons. The van der Waals surface area contributed by atoms with E-state index in [0.29, 0.717) is 0 Å². The minimum Gasteiger partial charge on any atom is -0.238 e. The molecule has 0 saturated carbocycles. The van der Waals surface area contributed by atoms with Gasteiger partial charge in [-0.3, -0.25) is 0 Å². The first kappa shape index (κ1) is 9.13. The zero-order valence-corrected chi connectivity index (χ0v) is 8.48. The van der Waals surface area contributed by atoms with Gasteiger partial charge in [0, 0.05) is 6.92 Å². The Morgan fingerprint density at radius 2 is 2.42 bits per heavy atom. The van der Waals surface area contributed by atoms with Crippen molar-refractivity contribution in [2.45, 2.75) is 13.8 Å². The molecule has 0 fully saturated rings. The number of hydrogen-bond acceptors (Lipinski definition) is 2. The Balaban J connectivity index is 3.16. The van der Waals surface area contributed by atoms with Gasteiger partial charge in [-0.25, -0.2) is 4.98 Å². The van der Waals surface area contributed by atoms with Gasteiger partial charge in [0.15, 0.2) is 0 Å². The summed E-state index contributed by atoms with van der Waals surface area (Å²) in [5, 5.41) is 1.16. The van der Waals surface area contributed by atoms with Gasteiger partial charge in [0.25, 0.3) is 5.00 Å². The highest BCUT2D eigenvalue weighted by molar-refractivity contribution is 7.13. The van der Waals surface area contributed by atoms with Crippen molar-refractivity contribution in [3.05, 3.63) is 17.8 Å². The van der Waals surface area contributed by atoms with Gasteiger partial charge in [0.1, 0.15) is 19.0 Å². The first-order valence-corrected chi connectivity index (χ1v) is 4.66. The predicted octanol–water partition coefficient (Wildman–Crippen LogP) is 2.54. The van der Waals surface area contributed by atoms with Crippen LogP contribution in [0.15, 0.2) is 12.1 Å². The van der Waals surface area contributed by atoms with Gasteiger partial charge in [-0.15, -0.1) is 0 Å². The molecule has 0 aliphatic carbocycles. The number of aromatic nitrogens is 1. The maximum Gasteiger partial charge on any atom is 0.288 e. The van der Waals surface area contributed by atoms with Crippen molar-refractivity contribution in [2.75, 3.05) is 7.05 Å². The molecule has 1 rings (SSSR count). The second-order valence-corrected chi connectivity index (χ2v) is 3.49. The summed E-state index contributed by atoms with van der Waals surface area (Å²) in [4.78, 5) is 4.24. The highest BCUT2D eigenvalue weighted by atomic mass is 32.1. The lowest BCUT2D eigenvalue weighted by molar-refractivity contribution is -0.395. The van der Waals surface area contributed by atoms with Crippen LogP contribution < -0.4 is 0 Å². The summed E-state index contributed by atoms with van der Waals surface area (Å²) in [5.41, 5.74) is 3.86. The molecular weight excluding hydrogens is 168 g/mol. The van der Waals surface area contributed by atoms with Crippen LogP contribution in [0.5, 0.6) is 0 Å². The van der Waals surface area contributed by atoms with Crippen molar-refractivity contribution in [3.8, 4) is 0 Å². The summed E-state index contributed by atoms with van der Waals surface area (Å²) in [6.45, 7) is 7.85. The maximum atomic E-state index is 4.24. The number of allylic oxidation sites excluding steroid dienone is 1. The SMILES string of the molecule is C=C(C)c1ncsc1/[N+](C)=C\C. The van der Waals surface area contributed by atoms with E-state index >= 15 is 0 Å². The Hall–Kier alpha value is -0.960. The number of hydrogen-bond donors (Lipinski definition) is 0. The summed E-state index contributed by atoms with van der Waals surface area (Å²) in [7, 11) is 2.01. The van der Waals surface area contributed by atoms with E-state index in [1.807, 2.05) is 32.6 Å². The lowest BCUT2D eigenvalue weighted by atomic mass is 10.2. The molecule has 0 unspecified atom stereocenters. The second kappa shape index (κ2) is 3.63. The Labute approximate surface area is 76.9 Å². The lowest BCUT2D eigenvalue weighted by Gasteiger charge is -1.94. The van der Waals surface area contributed by atoms with Crippen molar-refractivity contribution in [3.63, 3.8) is 0 Å². The summed E-state index contributed by atoms with van der Waals surface area (Å²) in [5.74, 6) is 0. The molecule has 64 valence electrons. The van der Waals surface area contributed by atoms with Gasteiger partial charge in [0.2, 0.25) is 0 Å². The van der Waals surface area contributed by atoms with Gasteiger partial charge < -0.3 is 0 Å². The summed E-state index contributed by atoms with van der Waals surface area (Å²) in [6.07, 6.45) is 2.01. The van der Waals surface area contributed by atoms with Gasteiger partial charge in [-0.1, -0.05) is 17.9 Å². The van der Waals surface area contributed by atoms with E-state index in [4.69, 9.17) is 0 Å². The van der Waals surface area contributed by atoms with Gasteiger partial charge >= 0.3 is 0 Å². The molecule has 0 N–H and O–H groups in total. The third kappa shape index (κ3) is 1.61. The van der Waals surface area contributed by atoms with Crippen LogP contribution in [0.3, 0.4) is 0 Å². The Morgan fingerprint density at radius 1 is 1.75 bits per heavy atom. The zero-order valence-electron chi connectivity index (χ0n) is 7.66. The van der Waals surface area contributed by atoms with Gasteiger partial charge in [-0.05, 0) is 12.5 Å². The molecule has 0 bridgehead atoms. The van der Waals surface area contributed by atoms with Crippen LogP contribution in [0.4, 0.5) is 5.00 Å². The van der Waals surface area contributed by atoms with Crippen LogP contribution in [-0.2, 0) is 0 Å². The highest BCUT2D eigenvalue weighted by Gasteiger charge is 2.13. The molecule has 1 heterocycles. The predicted molar refractivity (Wildman–Crippen MR) is 54.4 cm³/mol. The maximum absolute atomic E-state index is 4.24. The standard InChI is InChI=1S/C9H13N2S/c1-5-11(4)9-8(7(2)3)10-6-12-9/h5-6H,2H2,1,3-4H3/q+1/b11-5-. The van der Waals surface area contributed by atoms with Crippen LogP contribution in [0.25, 0.3) is 5.57 Å². The molecule has 12 heavy (non-hydrogen) atoms. The molecular formula is C9H13N2S+. The molecule has 0 spiro atoms. The van der Waals surface area contributed by atoms with Crippen molar-refractivity contribution >= 4 is 28.1 Å². The molecule has 0 aromatic carbocycles. The van der Waals surface area contributed by atoms with Crippen LogP contribution in [-0.4, -0.2) is 22.8 Å². The minimum absolute atomic E-state index is 1.00. The fourth-order valence-corrected chi connectivity index (χ4v) is 1.77. The van der Waals surface area contributed by atoms with Gasteiger partial charge in [0.05, 0.1) is 5.51 Å². The monoisotopic (exact) mass is 181 g/mol. The summed E-state index contributed by atoms with van der Waals surface area (Å²) < 4.78 is 2.06. The zero-order chi connectivity index (χ0) is 9.14. The van der Waals surface area contributed by atoms with E-state index in [-0.39, 0.29) is 0 Å². The minimum atomic E-state index is 1.00. The van der Waals surface area contributed by atoms with Crippen LogP contribution in [0.1, 0.15) is 19.5 Å². The van der Waals surface area contributed by atoms with E-state index in [9.17, 15) is 0 Å². The molecule has 0 aliphatic rings. The van der Waals surface area contributed by atoms with E-state index in [1.165, 1.54) is 0 Å². The Kier molecular flexibility index (Phi) is 2.76. The third-order valence-electron chi connectivity index (χ3n) is 1.66. The molecule has 3 heteroatoms. The average molecular weight is 181 g/mol. The van der Waals surface area contributed by atoms with Crippen molar-refractivity contribution in [2.24, 2.45) is 0 Å². The van der Waals surface area contributed by atoms with Crippen LogP contribution in [0.2, 0.25) is 0 Å². The molecule has 0 amide bonds. The Bertz CT molecular complexity index is 323. The second-order valence-electron chi connectivity index (χ2n) is 2.66. The molecule has 0 saturated heterocycles. The average Bonchev–Trinajstić information content (AvgIpc) is 2.50.